The number of primary amides is 1. The number of carbonyl (C=O) groups excluding carboxylic acids is 1. The van der Waals surface area contributed by atoms with Crippen molar-refractivity contribution in [2.24, 2.45) is 11.7 Å². The first kappa shape index (κ1) is 21.7. The van der Waals surface area contributed by atoms with Crippen LogP contribution in [0.25, 0.3) is 11.1 Å². The molecule has 1 aromatic heterocycles. The maximum Gasteiger partial charge on any atom is 0.249 e. The van der Waals surface area contributed by atoms with Gasteiger partial charge in [-0.25, -0.2) is 9.97 Å². The fraction of sp³-hybridized carbons (Fsp3) is 0.370. The zero-order valence-electron chi connectivity index (χ0n) is 18.9. The topological polar surface area (TPSA) is 84.1 Å². The Hall–Kier alpha value is -3.09. The van der Waals surface area contributed by atoms with Gasteiger partial charge in [-0.05, 0) is 67.6 Å². The minimum absolute atomic E-state index is 0.340. The van der Waals surface area contributed by atoms with E-state index in [4.69, 9.17) is 5.73 Å². The summed E-state index contributed by atoms with van der Waals surface area (Å²) in [4.78, 5) is 22.3. The van der Waals surface area contributed by atoms with Gasteiger partial charge in [-0.1, -0.05) is 42.5 Å². The number of nitrogens with two attached hydrogens (primary N) is 1. The highest BCUT2D eigenvalue weighted by Gasteiger charge is 2.38. The summed E-state index contributed by atoms with van der Waals surface area (Å²) in [5.74, 6) is 0.998. The molecule has 6 nitrogen and oxygen atoms in total. The van der Waals surface area contributed by atoms with Crippen LogP contribution in [0.3, 0.4) is 0 Å². The van der Waals surface area contributed by atoms with E-state index in [1.807, 2.05) is 36.7 Å². The van der Waals surface area contributed by atoms with Gasteiger partial charge in [0.05, 0.1) is 0 Å². The zero-order chi connectivity index (χ0) is 22.6. The van der Waals surface area contributed by atoms with Gasteiger partial charge < -0.3 is 11.1 Å². The molecule has 1 aliphatic carbocycles. The molecule has 5 rings (SSSR count). The second kappa shape index (κ2) is 9.81. The van der Waals surface area contributed by atoms with E-state index in [0.29, 0.717) is 23.4 Å². The average Bonchev–Trinajstić information content (AvgIpc) is 3.64. The number of piperidine rings is 1. The molecule has 1 saturated carbocycles. The molecule has 0 bridgehead atoms. The molecule has 3 N–H and O–H groups in total. The van der Waals surface area contributed by atoms with Crippen molar-refractivity contribution < 1.29 is 4.79 Å². The van der Waals surface area contributed by atoms with Crippen LogP contribution in [0, 0.1) is 5.92 Å². The summed E-state index contributed by atoms with van der Waals surface area (Å²) < 4.78 is 0. The van der Waals surface area contributed by atoms with Gasteiger partial charge in [-0.2, -0.15) is 0 Å². The van der Waals surface area contributed by atoms with Gasteiger partial charge in [-0.3, -0.25) is 9.69 Å². The Morgan fingerprint density at radius 3 is 2.45 bits per heavy atom. The molecule has 1 saturated heterocycles. The fourth-order valence-corrected chi connectivity index (χ4v) is 4.97. The van der Waals surface area contributed by atoms with E-state index < -0.39 is 0 Å². The predicted molar refractivity (Wildman–Crippen MR) is 130 cm³/mol. The Kier molecular flexibility index (Phi) is 6.46. The van der Waals surface area contributed by atoms with E-state index in [0.717, 1.165) is 42.9 Å². The molecule has 0 spiro atoms. The van der Waals surface area contributed by atoms with Gasteiger partial charge in [0.1, 0.15) is 6.33 Å². The van der Waals surface area contributed by atoms with Gasteiger partial charge in [0.2, 0.25) is 5.91 Å². The van der Waals surface area contributed by atoms with Gasteiger partial charge in [0.15, 0.2) is 0 Å². The largest absolute Gasteiger partial charge is 0.366 e. The monoisotopic (exact) mass is 441 g/mol. The van der Waals surface area contributed by atoms with Gasteiger partial charge >= 0.3 is 0 Å². The molecule has 170 valence electrons. The normalized spacial score (nSPS) is 21.1. The first-order valence-electron chi connectivity index (χ1n) is 11.9. The Morgan fingerprint density at radius 1 is 1.00 bits per heavy atom. The highest BCUT2D eigenvalue weighted by atomic mass is 16.1. The van der Waals surface area contributed by atoms with Crippen LogP contribution in [0.2, 0.25) is 0 Å². The molecular weight excluding hydrogens is 410 g/mol. The summed E-state index contributed by atoms with van der Waals surface area (Å²) in [5.41, 5.74) is 10.8. The number of rotatable bonds is 8. The maximum absolute atomic E-state index is 11.7. The number of hydrogen-bond acceptors (Lipinski definition) is 5. The molecule has 2 atom stereocenters. The van der Waals surface area contributed by atoms with Gasteiger partial charge in [0, 0.05) is 42.0 Å². The number of nitrogens with one attached hydrogen (secondary N) is 1. The lowest BCUT2D eigenvalue weighted by Gasteiger charge is -2.32. The number of benzene rings is 2. The second-order valence-corrected chi connectivity index (χ2v) is 9.35. The average molecular weight is 442 g/mol. The van der Waals surface area contributed by atoms with Crippen LogP contribution >= 0.6 is 0 Å². The highest BCUT2D eigenvalue weighted by molar-refractivity contribution is 5.94. The summed E-state index contributed by atoms with van der Waals surface area (Å²) in [5, 5.41) is 3.81. The first-order valence-corrected chi connectivity index (χ1v) is 11.9. The number of nitrogens with zero attached hydrogens (tertiary/aromatic N) is 3. The number of carbonyl (C=O) groups is 1. The molecule has 1 aliphatic heterocycles. The van der Waals surface area contributed by atoms with E-state index >= 15 is 0 Å². The predicted octanol–water partition coefficient (Wildman–Crippen LogP) is 3.60. The van der Waals surface area contributed by atoms with Gasteiger partial charge in [-0.15, -0.1) is 0 Å². The van der Waals surface area contributed by atoms with Crippen LogP contribution in [0.5, 0.6) is 0 Å². The SMILES string of the molecule is NC(=O)c1ccccc1CN1CCC(CNC2CC2c2ccc(-c3cncnc3)cc2)CC1. The van der Waals surface area contributed by atoms with Crippen molar-refractivity contribution >= 4 is 5.91 Å². The van der Waals surface area contributed by atoms with E-state index in [1.165, 1.54) is 24.8 Å². The molecule has 2 aliphatic rings. The van der Waals surface area contributed by atoms with E-state index in [2.05, 4.69) is 44.5 Å². The van der Waals surface area contributed by atoms with Gasteiger partial charge in [0.25, 0.3) is 0 Å². The molecule has 33 heavy (non-hydrogen) atoms. The first-order chi connectivity index (χ1) is 16.2. The summed E-state index contributed by atoms with van der Waals surface area (Å²) in [6, 6.07) is 17.1. The zero-order valence-corrected chi connectivity index (χ0v) is 18.9. The Balaban J connectivity index is 1.06. The molecule has 2 aromatic carbocycles. The minimum Gasteiger partial charge on any atom is -0.366 e. The third-order valence-electron chi connectivity index (χ3n) is 7.08. The summed E-state index contributed by atoms with van der Waals surface area (Å²) in [7, 11) is 0. The fourth-order valence-electron chi connectivity index (χ4n) is 4.97. The molecule has 6 heteroatoms. The van der Waals surface area contributed by atoms with Crippen molar-refractivity contribution in [2.45, 2.75) is 37.8 Å². The van der Waals surface area contributed by atoms with Crippen molar-refractivity contribution in [3.05, 3.63) is 83.9 Å². The van der Waals surface area contributed by atoms with Crippen LogP contribution in [0.1, 0.15) is 46.7 Å². The number of amides is 1. The summed E-state index contributed by atoms with van der Waals surface area (Å²) in [6.45, 7) is 4.03. The van der Waals surface area contributed by atoms with Crippen molar-refractivity contribution in [1.29, 1.82) is 0 Å². The Bertz CT molecular complexity index is 1080. The Labute approximate surface area is 195 Å². The number of aromatic nitrogens is 2. The third-order valence-corrected chi connectivity index (χ3v) is 7.08. The van der Waals surface area contributed by atoms with Crippen molar-refractivity contribution in [3.63, 3.8) is 0 Å². The summed E-state index contributed by atoms with van der Waals surface area (Å²) in [6.07, 6.45) is 8.87. The van der Waals surface area contributed by atoms with E-state index in [1.54, 1.807) is 6.33 Å². The molecule has 0 radical (unpaired) electrons. The van der Waals surface area contributed by atoms with Crippen molar-refractivity contribution in [1.82, 2.24) is 20.2 Å². The molecular formula is C27H31N5O. The van der Waals surface area contributed by atoms with Crippen LogP contribution in [-0.2, 0) is 6.54 Å². The van der Waals surface area contributed by atoms with Crippen molar-refractivity contribution in [3.8, 4) is 11.1 Å². The smallest absolute Gasteiger partial charge is 0.249 e. The molecule has 3 aromatic rings. The van der Waals surface area contributed by atoms with Crippen LogP contribution in [0.15, 0.2) is 67.3 Å². The number of hydrogen-bond donors (Lipinski definition) is 2. The summed E-state index contributed by atoms with van der Waals surface area (Å²) >= 11 is 0. The lowest BCUT2D eigenvalue weighted by Crippen LogP contribution is -2.37. The molecule has 2 fully saturated rings. The quantitative estimate of drug-likeness (QED) is 0.558. The van der Waals surface area contributed by atoms with Crippen LogP contribution in [0.4, 0.5) is 0 Å². The van der Waals surface area contributed by atoms with Crippen LogP contribution in [-0.4, -0.2) is 46.5 Å². The third kappa shape index (κ3) is 5.29. The number of likely N-dealkylation sites (tertiary alicyclic amines) is 1. The lowest BCUT2D eigenvalue weighted by atomic mass is 9.96. The maximum atomic E-state index is 11.7. The van der Waals surface area contributed by atoms with E-state index in [-0.39, 0.29) is 5.91 Å². The van der Waals surface area contributed by atoms with E-state index in [9.17, 15) is 4.79 Å². The van der Waals surface area contributed by atoms with Crippen LogP contribution < -0.4 is 11.1 Å². The lowest BCUT2D eigenvalue weighted by molar-refractivity contribution is 0.0997. The minimum atomic E-state index is -0.340. The highest BCUT2D eigenvalue weighted by Crippen LogP contribution is 2.41. The molecule has 2 unspecified atom stereocenters. The second-order valence-electron chi connectivity index (χ2n) is 9.35. The van der Waals surface area contributed by atoms with Crippen molar-refractivity contribution in [2.75, 3.05) is 19.6 Å². The molecule has 1 amide bonds. The molecule has 2 heterocycles. The Morgan fingerprint density at radius 2 is 1.73 bits per heavy atom. The standard InChI is InChI=1S/C27H31N5O/c28-27(33)24-4-2-1-3-22(24)17-32-11-9-19(10-12-32)14-31-26-13-25(26)21-7-5-20(6-8-21)23-15-29-18-30-16-23/h1-8,15-16,18-19,25-26,31H,9-14,17H2,(H2,28,33).